The van der Waals surface area contributed by atoms with Gasteiger partial charge in [0.1, 0.15) is 11.6 Å². The zero-order valence-electron chi connectivity index (χ0n) is 9.63. The Morgan fingerprint density at radius 2 is 2.33 bits per heavy atom. The van der Waals surface area contributed by atoms with Gasteiger partial charge in [-0.15, -0.1) is 0 Å². The number of halogens is 1. The minimum absolute atomic E-state index is 0.0658. The number of carboxylic acids is 1. The molecule has 0 bridgehead atoms. The summed E-state index contributed by atoms with van der Waals surface area (Å²) in [6.07, 6.45) is 2.71. The van der Waals surface area contributed by atoms with Gasteiger partial charge < -0.3 is 14.4 Å². The highest BCUT2D eigenvalue weighted by Gasteiger charge is 2.09. The van der Waals surface area contributed by atoms with Crippen LogP contribution in [0.5, 0.6) is 5.75 Å². The molecule has 0 unspecified atom stereocenters. The van der Waals surface area contributed by atoms with Gasteiger partial charge in [-0.1, -0.05) is 6.07 Å². The second kappa shape index (κ2) is 4.87. The van der Waals surface area contributed by atoms with E-state index in [2.05, 4.69) is 4.98 Å². The van der Waals surface area contributed by atoms with Crippen LogP contribution in [0.1, 0.15) is 16.1 Å². The molecule has 6 heteroatoms. The van der Waals surface area contributed by atoms with Crippen molar-refractivity contribution in [2.24, 2.45) is 0 Å². The lowest BCUT2D eigenvalue weighted by Crippen LogP contribution is -2.00. The Hall–Kier alpha value is -2.37. The maximum absolute atomic E-state index is 13.7. The third-order valence-corrected chi connectivity index (χ3v) is 2.47. The molecule has 2 rings (SSSR count). The van der Waals surface area contributed by atoms with Crippen LogP contribution in [0, 0.1) is 5.82 Å². The molecule has 0 spiro atoms. The third-order valence-electron chi connectivity index (χ3n) is 2.47. The van der Waals surface area contributed by atoms with Gasteiger partial charge in [-0.25, -0.2) is 14.2 Å². The van der Waals surface area contributed by atoms with E-state index in [1.807, 2.05) is 0 Å². The normalized spacial score (nSPS) is 10.3. The van der Waals surface area contributed by atoms with E-state index in [0.29, 0.717) is 11.3 Å². The van der Waals surface area contributed by atoms with Crippen LogP contribution in [-0.4, -0.2) is 27.7 Å². The van der Waals surface area contributed by atoms with Gasteiger partial charge >= 0.3 is 5.97 Å². The molecule has 1 N–H and O–H groups in total. The van der Waals surface area contributed by atoms with Crippen LogP contribution < -0.4 is 4.74 Å². The highest BCUT2D eigenvalue weighted by molar-refractivity contribution is 5.84. The first-order valence-corrected chi connectivity index (χ1v) is 5.17. The van der Waals surface area contributed by atoms with Gasteiger partial charge in [0.2, 0.25) is 0 Å². The molecule has 0 aliphatic carbocycles. The molecule has 0 saturated carbocycles. The van der Waals surface area contributed by atoms with E-state index in [1.54, 1.807) is 12.1 Å². The molecule has 0 aliphatic heterocycles. The number of methoxy groups -OCH3 is 1. The SMILES string of the molecule is COc1ccc(Cn2cnc(C(=O)O)c2)c(F)c1. The summed E-state index contributed by atoms with van der Waals surface area (Å²) in [7, 11) is 1.46. The average Bonchev–Trinajstić information content (AvgIpc) is 2.80. The summed E-state index contributed by atoms with van der Waals surface area (Å²) in [4.78, 5) is 14.3. The number of nitrogens with zero attached hydrogens (tertiary/aromatic N) is 2. The topological polar surface area (TPSA) is 64.4 Å². The summed E-state index contributed by atoms with van der Waals surface area (Å²) in [5.74, 6) is -1.07. The van der Waals surface area contributed by atoms with E-state index in [0.717, 1.165) is 0 Å². The predicted octanol–water partition coefficient (Wildman–Crippen LogP) is 1.78. The van der Waals surface area contributed by atoms with Gasteiger partial charge in [-0.05, 0) is 6.07 Å². The van der Waals surface area contributed by atoms with E-state index in [-0.39, 0.29) is 12.2 Å². The molecule has 0 aliphatic rings. The molecule has 18 heavy (non-hydrogen) atoms. The first-order chi connectivity index (χ1) is 8.60. The van der Waals surface area contributed by atoms with Gasteiger partial charge in [-0.2, -0.15) is 0 Å². The lowest BCUT2D eigenvalue weighted by Gasteiger charge is -2.06. The summed E-state index contributed by atoms with van der Waals surface area (Å²) in [5.41, 5.74) is 0.369. The summed E-state index contributed by atoms with van der Waals surface area (Å²) < 4.78 is 20.1. The molecule has 2 aromatic rings. The Labute approximate surface area is 102 Å². The standard InChI is InChI=1S/C12H11FN2O3/c1-18-9-3-2-8(10(13)4-9)5-15-6-11(12(16)17)14-7-15/h2-4,6-7H,5H2,1H3,(H,16,17). The second-order valence-electron chi connectivity index (χ2n) is 3.69. The smallest absolute Gasteiger partial charge is 0.356 e. The number of aromatic nitrogens is 2. The maximum Gasteiger partial charge on any atom is 0.356 e. The molecular formula is C12H11FN2O3. The minimum atomic E-state index is -1.11. The predicted molar refractivity (Wildman–Crippen MR) is 61.2 cm³/mol. The third kappa shape index (κ3) is 2.48. The zero-order valence-corrected chi connectivity index (χ0v) is 9.63. The molecule has 0 atom stereocenters. The van der Waals surface area contributed by atoms with Crippen LogP contribution in [0.25, 0.3) is 0 Å². The van der Waals surface area contributed by atoms with Crippen molar-refractivity contribution in [2.75, 3.05) is 7.11 Å². The molecule has 0 radical (unpaired) electrons. The summed E-state index contributed by atoms with van der Waals surface area (Å²) in [6.45, 7) is 0.218. The van der Waals surface area contributed by atoms with Crippen molar-refractivity contribution >= 4 is 5.97 Å². The largest absolute Gasteiger partial charge is 0.497 e. The first kappa shape index (κ1) is 12.1. The van der Waals surface area contributed by atoms with E-state index in [4.69, 9.17) is 9.84 Å². The molecule has 0 fully saturated rings. The highest BCUT2D eigenvalue weighted by atomic mass is 19.1. The fraction of sp³-hybridized carbons (Fsp3) is 0.167. The number of hydrogen-bond donors (Lipinski definition) is 1. The van der Waals surface area contributed by atoms with Crippen LogP contribution in [0.3, 0.4) is 0 Å². The van der Waals surface area contributed by atoms with Gasteiger partial charge in [-0.3, -0.25) is 0 Å². The highest BCUT2D eigenvalue weighted by Crippen LogP contribution is 2.17. The van der Waals surface area contributed by atoms with Gasteiger partial charge in [0.05, 0.1) is 20.0 Å². The molecule has 0 saturated heterocycles. The van der Waals surface area contributed by atoms with Gasteiger partial charge in [0.25, 0.3) is 0 Å². The number of ether oxygens (including phenoxy) is 1. The first-order valence-electron chi connectivity index (χ1n) is 5.17. The Bertz CT molecular complexity index is 580. The molecule has 1 aromatic heterocycles. The van der Waals surface area contributed by atoms with E-state index < -0.39 is 11.8 Å². The number of hydrogen-bond acceptors (Lipinski definition) is 3. The van der Waals surface area contributed by atoms with Crippen LogP contribution in [0.2, 0.25) is 0 Å². The average molecular weight is 250 g/mol. The van der Waals surface area contributed by atoms with Gasteiger partial charge in [0.15, 0.2) is 5.69 Å². The summed E-state index contributed by atoms with van der Waals surface area (Å²) >= 11 is 0. The van der Waals surface area contributed by atoms with Gasteiger partial charge in [0, 0.05) is 17.8 Å². The monoisotopic (exact) mass is 250 g/mol. The van der Waals surface area contributed by atoms with Crippen LogP contribution in [0.15, 0.2) is 30.7 Å². The van der Waals surface area contributed by atoms with Crippen molar-refractivity contribution in [3.05, 3.63) is 47.8 Å². The second-order valence-corrected chi connectivity index (χ2v) is 3.69. The number of rotatable bonds is 4. The number of carbonyl (C=O) groups is 1. The van der Waals surface area contributed by atoms with Crippen molar-refractivity contribution in [3.63, 3.8) is 0 Å². The Kier molecular flexibility index (Phi) is 3.27. The fourth-order valence-electron chi connectivity index (χ4n) is 1.54. The van der Waals surface area contributed by atoms with Crippen molar-refractivity contribution in [3.8, 4) is 5.75 Å². The Morgan fingerprint density at radius 3 is 2.89 bits per heavy atom. The minimum Gasteiger partial charge on any atom is -0.497 e. The van der Waals surface area contributed by atoms with Crippen molar-refractivity contribution in [1.29, 1.82) is 0 Å². The number of carboxylic acid groups (broad SMARTS) is 1. The molecule has 1 heterocycles. The summed E-state index contributed by atoms with van der Waals surface area (Å²) in [5, 5.41) is 8.72. The molecule has 0 amide bonds. The number of benzene rings is 1. The molecule has 94 valence electrons. The zero-order chi connectivity index (χ0) is 13.1. The number of aromatic carboxylic acids is 1. The molecule has 1 aromatic carbocycles. The molecule has 5 nitrogen and oxygen atoms in total. The summed E-state index contributed by atoms with van der Waals surface area (Å²) in [6, 6.07) is 4.52. The molecular weight excluding hydrogens is 239 g/mol. The van der Waals surface area contributed by atoms with E-state index >= 15 is 0 Å². The van der Waals surface area contributed by atoms with E-state index in [9.17, 15) is 9.18 Å². The van der Waals surface area contributed by atoms with E-state index in [1.165, 1.54) is 30.3 Å². The van der Waals surface area contributed by atoms with Crippen molar-refractivity contribution < 1.29 is 19.0 Å². The van der Waals surface area contributed by atoms with Crippen LogP contribution >= 0.6 is 0 Å². The lowest BCUT2D eigenvalue weighted by atomic mass is 10.2. The quantitative estimate of drug-likeness (QED) is 0.898. The van der Waals surface area contributed by atoms with Crippen LogP contribution in [0.4, 0.5) is 4.39 Å². The number of imidazole rings is 1. The van der Waals surface area contributed by atoms with Crippen LogP contribution in [-0.2, 0) is 6.54 Å². The lowest BCUT2D eigenvalue weighted by molar-refractivity contribution is 0.0691. The Balaban J connectivity index is 2.20. The van der Waals surface area contributed by atoms with Crippen molar-refractivity contribution in [1.82, 2.24) is 9.55 Å². The maximum atomic E-state index is 13.7. The van der Waals surface area contributed by atoms with Crippen molar-refractivity contribution in [2.45, 2.75) is 6.54 Å². The Morgan fingerprint density at radius 1 is 1.56 bits per heavy atom. The fourth-order valence-corrected chi connectivity index (χ4v) is 1.54.